The van der Waals surface area contributed by atoms with E-state index in [0.29, 0.717) is 26.3 Å². The first-order valence-electron chi connectivity index (χ1n) is 4.31. The minimum atomic E-state index is -4.56. The molecule has 0 aromatic heterocycles. The van der Waals surface area contributed by atoms with E-state index >= 15 is 0 Å². The lowest BCUT2D eigenvalue weighted by molar-refractivity contribution is -0.204. The first-order chi connectivity index (χ1) is 6.50. The number of rotatable bonds is 3. The molecule has 1 saturated heterocycles. The highest BCUT2D eigenvalue weighted by Gasteiger charge is 2.38. The molecule has 7 heteroatoms. The maximum absolute atomic E-state index is 11.9. The number of aliphatic hydroxyl groups excluding tert-OH is 1. The third-order valence-corrected chi connectivity index (χ3v) is 1.90. The Morgan fingerprint density at radius 1 is 1.36 bits per heavy atom. The van der Waals surface area contributed by atoms with E-state index in [9.17, 15) is 13.2 Å². The van der Waals surface area contributed by atoms with Crippen LogP contribution in [-0.4, -0.2) is 55.2 Å². The number of nitrogens with one attached hydrogen (secondary N) is 1. The molecule has 0 amide bonds. The minimum absolute atomic E-state index is 0.495. The Bertz CT molecular complexity index is 171. The molecule has 1 fully saturated rings. The fourth-order valence-electron chi connectivity index (χ4n) is 1.05. The summed E-state index contributed by atoms with van der Waals surface area (Å²) in [5.41, 5.74) is 2.51. The number of nitrogens with zero attached hydrogens (tertiary/aromatic N) is 1. The number of morpholine rings is 1. The van der Waals surface area contributed by atoms with Crippen molar-refractivity contribution in [3.63, 3.8) is 0 Å². The smallest absolute Gasteiger partial charge is 0.382 e. The Labute approximate surface area is 79.6 Å². The van der Waals surface area contributed by atoms with Crippen LogP contribution in [0.15, 0.2) is 0 Å². The van der Waals surface area contributed by atoms with Crippen molar-refractivity contribution in [2.45, 2.75) is 12.3 Å². The molecule has 0 aromatic carbocycles. The highest BCUT2D eigenvalue weighted by molar-refractivity contribution is 4.68. The van der Waals surface area contributed by atoms with E-state index in [1.165, 1.54) is 0 Å². The third kappa shape index (κ3) is 3.79. The molecule has 84 valence electrons. The molecular weight excluding hydrogens is 201 g/mol. The monoisotopic (exact) mass is 214 g/mol. The molecule has 1 rings (SSSR count). The molecule has 0 radical (unpaired) electrons. The van der Waals surface area contributed by atoms with Gasteiger partial charge in [-0.05, 0) is 0 Å². The molecule has 14 heavy (non-hydrogen) atoms. The molecule has 1 heterocycles. The summed E-state index contributed by atoms with van der Waals surface area (Å²) >= 11 is 0. The first-order valence-corrected chi connectivity index (χ1v) is 4.31. The highest BCUT2D eigenvalue weighted by atomic mass is 19.4. The van der Waals surface area contributed by atoms with Crippen molar-refractivity contribution in [3.05, 3.63) is 0 Å². The summed E-state index contributed by atoms with van der Waals surface area (Å²) in [6.45, 7) is 1.54. The van der Waals surface area contributed by atoms with Crippen LogP contribution < -0.4 is 5.43 Å². The van der Waals surface area contributed by atoms with Gasteiger partial charge in [-0.25, -0.2) is 5.01 Å². The van der Waals surface area contributed by atoms with Crippen LogP contribution in [0.25, 0.3) is 0 Å². The van der Waals surface area contributed by atoms with Crippen molar-refractivity contribution in [1.29, 1.82) is 0 Å². The molecule has 0 saturated carbocycles. The van der Waals surface area contributed by atoms with Gasteiger partial charge in [-0.1, -0.05) is 0 Å². The van der Waals surface area contributed by atoms with E-state index < -0.39 is 18.8 Å². The maximum Gasteiger partial charge on any atom is 0.415 e. The first kappa shape index (κ1) is 11.7. The summed E-state index contributed by atoms with van der Waals surface area (Å²) < 4.78 is 40.6. The van der Waals surface area contributed by atoms with Gasteiger partial charge in [0.25, 0.3) is 0 Å². The van der Waals surface area contributed by atoms with Gasteiger partial charge in [0.2, 0.25) is 0 Å². The summed E-state index contributed by atoms with van der Waals surface area (Å²) in [5, 5.41) is 10.3. The summed E-state index contributed by atoms with van der Waals surface area (Å²) in [7, 11) is 0. The van der Waals surface area contributed by atoms with Crippen molar-refractivity contribution < 1.29 is 23.0 Å². The largest absolute Gasteiger partial charge is 0.415 e. The van der Waals surface area contributed by atoms with Crippen molar-refractivity contribution in [2.24, 2.45) is 0 Å². The van der Waals surface area contributed by atoms with Crippen LogP contribution in [0.1, 0.15) is 0 Å². The van der Waals surface area contributed by atoms with Crippen LogP contribution in [0.2, 0.25) is 0 Å². The van der Waals surface area contributed by atoms with Gasteiger partial charge in [-0.3, -0.25) is 5.43 Å². The second-order valence-corrected chi connectivity index (χ2v) is 3.02. The number of aliphatic hydroxyl groups is 1. The zero-order chi connectivity index (χ0) is 10.6. The van der Waals surface area contributed by atoms with Gasteiger partial charge in [0.05, 0.1) is 13.2 Å². The summed E-state index contributed by atoms with van der Waals surface area (Å²) in [4.78, 5) is 0. The Morgan fingerprint density at radius 3 is 2.43 bits per heavy atom. The summed E-state index contributed by atoms with van der Waals surface area (Å²) in [5.74, 6) is 0. The molecule has 1 aliphatic rings. The van der Waals surface area contributed by atoms with E-state index in [0.717, 1.165) is 0 Å². The summed E-state index contributed by atoms with van der Waals surface area (Å²) in [6, 6.07) is 0. The molecule has 4 nitrogen and oxygen atoms in total. The van der Waals surface area contributed by atoms with Gasteiger partial charge in [0.15, 0.2) is 6.10 Å². The Balaban J connectivity index is 2.19. The van der Waals surface area contributed by atoms with Crippen molar-refractivity contribution >= 4 is 0 Å². The fraction of sp³-hybridized carbons (Fsp3) is 1.00. The number of hydrogen-bond donors (Lipinski definition) is 2. The average Bonchev–Trinajstić information content (AvgIpc) is 2.14. The number of alkyl halides is 3. The molecule has 0 aromatic rings. The van der Waals surface area contributed by atoms with Gasteiger partial charge in [-0.15, -0.1) is 0 Å². The maximum atomic E-state index is 11.9. The van der Waals surface area contributed by atoms with Gasteiger partial charge in [-0.2, -0.15) is 13.2 Å². The van der Waals surface area contributed by atoms with Crippen molar-refractivity contribution in [1.82, 2.24) is 10.4 Å². The Kier molecular flexibility index (Phi) is 4.11. The summed E-state index contributed by atoms with van der Waals surface area (Å²) in [6.07, 6.45) is -6.87. The predicted octanol–water partition coefficient (Wildman–Crippen LogP) is -0.254. The van der Waals surface area contributed by atoms with Crippen molar-refractivity contribution in [2.75, 3.05) is 32.8 Å². The number of halogens is 3. The zero-order valence-corrected chi connectivity index (χ0v) is 7.55. The van der Waals surface area contributed by atoms with E-state index in [-0.39, 0.29) is 0 Å². The van der Waals surface area contributed by atoms with Gasteiger partial charge < -0.3 is 9.84 Å². The lowest BCUT2D eigenvalue weighted by atomic mass is 10.3. The Morgan fingerprint density at radius 2 is 1.93 bits per heavy atom. The molecule has 1 aliphatic heterocycles. The van der Waals surface area contributed by atoms with Gasteiger partial charge in [0.1, 0.15) is 0 Å². The normalized spacial score (nSPS) is 22.3. The van der Waals surface area contributed by atoms with Crippen LogP contribution in [0, 0.1) is 0 Å². The van der Waals surface area contributed by atoms with Crippen LogP contribution in [0.3, 0.4) is 0 Å². The second kappa shape index (κ2) is 4.92. The number of hydrogen-bond acceptors (Lipinski definition) is 4. The SMILES string of the molecule is O[C@H](CNN1CCOCC1)C(F)(F)F. The van der Waals surface area contributed by atoms with E-state index in [4.69, 9.17) is 9.84 Å². The topological polar surface area (TPSA) is 44.7 Å². The third-order valence-electron chi connectivity index (χ3n) is 1.90. The molecule has 0 unspecified atom stereocenters. The van der Waals surface area contributed by atoms with E-state index in [1.54, 1.807) is 5.01 Å². The zero-order valence-electron chi connectivity index (χ0n) is 7.55. The molecule has 0 bridgehead atoms. The lowest BCUT2D eigenvalue weighted by Crippen LogP contribution is -2.50. The van der Waals surface area contributed by atoms with Gasteiger partial charge in [0, 0.05) is 19.6 Å². The van der Waals surface area contributed by atoms with Crippen molar-refractivity contribution in [3.8, 4) is 0 Å². The van der Waals surface area contributed by atoms with Gasteiger partial charge >= 0.3 is 6.18 Å². The van der Waals surface area contributed by atoms with E-state index in [2.05, 4.69) is 5.43 Å². The van der Waals surface area contributed by atoms with Crippen LogP contribution in [0.4, 0.5) is 13.2 Å². The standard InChI is InChI=1S/C7H13F3N2O2/c8-7(9,10)6(13)5-11-12-1-3-14-4-2-12/h6,11,13H,1-5H2/t6-/m1/s1. The lowest BCUT2D eigenvalue weighted by Gasteiger charge is -2.28. The second-order valence-electron chi connectivity index (χ2n) is 3.02. The molecule has 1 atom stereocenters. The minimum Gasteiger partial charge on any atom is -0.382 e. The fourth-order valence-corrected chi connectivity index (χ4v) is 1.05. The molecule has 0 aliphatic carbocycles. The van der Waals surface area contributed by atoms with Crippen LogP contribution in [-0.2, 0) is 4.74 Å². The highest BCUT2D eigenvalue weighted by Crippen LogP contribution is 2.19. The predicted molar refractivity (Wildman–Crippen MR) is 42.5 cm³/mol. The number of hydrazine groups is 1. The average molecular weight is 214 g/mol. The van der Waals surface area contributed by atoms with E-state index in [1.807, 2.05) is 0 Å². The molecule has 2 N–H and O–H groups in total. The van der Waals surface area contributed by atoms with Crippen LogP contribution >= 0.6 is 0 Å². The Hall–Kier alpha value is -0.370. The van der Waals surface area contributed by atoms with Crippen LogP contribution in [0.5, 0.6) is 0 Å². The molecule has 0 spiro atoms. The molecular formula is C7H13F3N2O2. The quantitative estimate of drug-likeness (QED) is 0.679. The number of ether oxygens (including phenoxy) is 1.